The van der Waals surface area contributed by atoms with Crippen LogP contribution in [0.1, 0.15) is 5.56 Å². The zero-order valence-corrected chi connectivity index (χ0v) is 6.71. The highest BCUT2D eigenvalue weighted by Gasteiger charge is 2.01. The molecule has 0 aliphatic rings. The first-order valence-electron chi connectivity index (χ1n) is 3.58. The maximum atomic E-state index is 12.8. The normalized spacial score (nSPS) is 8.54. The van der Waals surface area contributed by atoms with Crippen molar-refractivity contribution < 1.29 is 4.39 Å². The highest BCUT2D eigenvalue weighted by molar-refractivity contribution is 5.50. The van der Waals surface area contributed by atoms with Gasteiger partial charge in [0.25, 0.3) is 0 Å². The molecular weight excluding hydrogens is 169 g/mol. The third kappa shape index (κ3) is 2.18. The highest BCUT2D eigenvalue weighted by atomic mass is 19.1. The molecule has 0 saturated carbocycles. The molecule has 0 saturated heterocycles. The van der Waals surface area contributed by atoms with Crippen LogP contribution in [0.15, 0.2) is 18.2 Å². The molecule has 0 amide bonds. The second kappa shape index (κ2) is 4.08. The number of hydrogen-bond donors (Lipinski definition) is 1. The van der Waals surface area contributed by atoms with E-state index in [1.807, 2.05) is 6.07 Å². The van der Waals surface area contributed by atoms with Gasteiger partial charge in [-0.3, -0.25) is 0 Å². The molecule has 0 heterocycles. The van der Waals surface area contributed by atoms with Gasteiger partial charge < -0.3 is 5.32 Å². The van der Waals surface area contributed by atoms with Crippen molar-refractivity contribution >= 4 is 5.69 Å². The molecule has 1 aromatic rings. The van der Waals surface area contributed by atoms with Crippen molar-refractivity contribution in [1.82, 2.24) is 0 Å². The van der Waals surface area contributed by atoms with Gasteiger partial charge in [0.05, 0.1) is 11.6 Å². The molecule has 0 bridgehead atoms. The molecule has 0 unspecified atom stereocenters. The standard InChI is InChI=1S/C9H6FN3/c10-9-2-1-8(13-4-3-11)5-7(9)6-12/h1-2,5,13H,4H2. The fourth-order valence-electron chi connectivity index (χ4n) is 0.863. The van der Waals surface area contributed by atoms with Crippen LogP contribution in [0.4, 0.5) is 10.1 Å². The fourth-order valence-corrected chi connectivity index (χ4v) is 0.863. The highest BCUT2D eigenvalue weighted by Crippen LogP contribution is 2.13. The van der Waals surface area contributed by atoms with Crippen LogP contribution in [0.25, 0.3) is 0 Å². The molecule has 4 heteroatoms. The summed E-state index contributed by atoms with van der Waals surface area (Å²) in [5.74, 6) is -0.551. The second-order valence-electron chi connectivity index (χ2n) is 2.32. The SMILES string of the molecule is N#CCNc1ccc(F)c(C#N)c1. The molecule has 0 aromatic heterocycles. The van der Waals surface area contributed by atoms with Crippen molar-refractivity contribution in [3.8, 4) is 12.1 Å². The summed E-state index contributed by atoms with van der Waals surface area (Å²) in [5, 5.41) is 19.5. The molecule has 0 spiro atoms. The minimum Gasteiger partial charge on any atom is -0.372 e. The van der Waals surface area contributed by atoms with Crippen LogP contribution in [0.2, 0.25) is 0 Å². The molecule has 0 aliphatic carbocycles. The molecule has 1 rings (SSSR count). The van der Waals surface area contributed by atoms with E-state index in [4.69, 9.17) is 10.5 Å². The van der Waals surface area contributed by atoms with Gasteiger partial charge in [-0.25, -0.2) is 4.39 Å². The Balaban J connectivity index is 2.89. The van der Waals surface area contributed by atoms with E-state index in [9.17, 15) is 4.39 Å². The van der Waals surface area contributed by atoms with Crippen molar-refractivity contribution in [2.45, 2.75) is 0 Å². The van der Waals surface area contributed by atoms with E-state index < -0.39 is 5.82 Å². The van der Waals surface area contributed by atoms with Crippen LogP contribution in [0, 0.1) is 28.5 Å². The van der Waals surface area contributed by atoms with Crippen molar-refractivity contribution in [1.29, 1.82) is 10.5 Å². The van der Waals surface area contributed by atoms with E-state index in [1.165, 1.54) is 18.2 Å². The van der Waals surface area contributed by atoms with Gasteiger partial charge in [0.1, 0.15) is 18.4 Å². The number of rotatable bonds is 2. The number of halogens is 1. The predicted molar refractivity (Wildman–Crippen MR) is 45.2 cm³/mol. The summed E-state index contributed by atoms with van der Waals surface area (Å²) < 4.78 is 12.8. The first-order chi connectivity index (χ1) is 6.27. The minimum absolute atomic E-state index is 0.0251. The Bertz CT molecular complexity index is 387. The summed E-state index contributed by atoms with van der Waals surface area (Å²) in [4.78, 5) is 0. The van der Waals surface area contributed by atoms with Crippen molar-refractivity contribution in [2.24, 2.45) is 0 Å². The van der Waals surface area contributed by atoms with Gasteiger partial charge in [0.2, 0.25) is 0 Å². The minimum atomic E-state index is -0.551. The van der Waals surface area contributed by atoms with Crippen molar-refractivity contribution in [2.75, 3.05) is 11.9 Å². The molecule has 3 nitrogen and oxygen atoms in total. The Morgan fingerprint density at radius 1 is 1.38 bits per heavy atom. The summed E-state index contributed by atoms with van der Waals surface area (Å²) in [6.07, 6.45) is 0. The number of nitrogens with one attached hydrogen (secondary N) is 1. The van der Waals surface area contributed by atoms with Crippen LogP contribution in [-0.4, -0.2) is 6.54 Å². The van der Waals surface area contributed by atoms with Crippen LogP contribution < -0.4 is 5.32 Å². The Hall–Kier alpha value is -2.07. The molecule has 64 valence electrons. The zero-order valence-electron chi connectivity index (χ0n) is 6.71. The van der Waals surface area contributed by atoms with E-state index in [0.717, 1.165) is 0 Å². The summed E-state index contributed by atoms with van der Waals surface area (Å²) >= 11 is 0. The molecule has 13 heavy (non-hydrogen) atoms. The first kappa shape index (κ1) is 9.02. The number of nitrogens with zero attached hydrogens (tertiary/aromatic N) is 2. The summed E-state index contributed by atoms with van der Waals surface area (Å²) in [6, 6.07) is 7.63. The predicted octanol–water partition coefficient (Wildman–Crippen LogP) is 1.63. The molecule has 0 atom stereocenters. The van der Waals surface area contributed by atoms with Gasteiger partial charge in [-0.15, -0.1) is 0 Å². The maximum Gasteiger partial charge on any atom is 0.141 e. The Morgan fingerprint density at radius 2 is 2.15 bits per heavy atom. The third-order valence-electron chi connectivity index (χ3n) is 1.46. The lowest BCUT2D eigenvalue weighted by Crippen LogP contribution is -1.98. The van der Waals surface area contributed by atoms with Crippen LogP contribution >= 0.6 is 0 Å². The lowest BCUT2D eigenvalue weighted by molar-refractivity contribution is 0.624. The Kier molecular flexibility index (Phi) is 2.83. The number of benzene rings is 1. The smallest absolute Gasteiger partial charge is 0.141 e. The van der Waals surface area contributed by atoms with Crippen LogP contribution in [-0.2, 0) is 0 Å². The molecular formula is C9H6FN3. The largest absolute Gasteiger partial charge is 0.372 e. The summed E-state index contributed by atoms with van der Waals surface area (Å²) in [5.41, 5.74) is 0.544. The summed E-state index contributed by atoms with van der Waals surface area (Å²) in [6.45, 7) is 0.135. The van der Waals surface area contributed by atoms with E-state index in [2.05, 4.69) is 5.32 Å². The molecule has 1 N–H and O–H groups in total. The van der Waals surface area contributed by atoms with Gasteiger partial charge in [-0.05, 0) is 18.2 Å². The lowest BCUT2D eigenvalue weighted by atomic mass is 10.2. The average molecular weight is 175 g/mol. The van der Waals surface area contributed by atoms with Crippen molar-refractivity contribution in [3.05, 3.63) is 29.6 Å². The molecule has 0 aliphatic heterocycles. The second-order valence-corrected chi connectivity index (χ2v) is 2.32. The average Bonchev–Trinajstić information content (AvgIpc) is 2.16. The Labute approximate surface area is 75.0 Å². The van der Waals surface area contributed by atoms with Crippen LogP contribution in [0.3, 0.4) is 0 Å². The van der Waals surface area contributed by atoms with E-state index in [0.29, 0.717) is 5.69 Å². The third-order valence-corrected chi connectivity index (χ3v) is 1.46. The first-order valence-corrected chi connectivity index (χ1v) is 3.58. The van der Waals surface area contributed by atoms with Gasteiger partial charge in [0.15, 0.2) is 0 Å². The molecule has 1 aromatic carbocycles. The number of hydrogen-bond acceptors (Lipinski definition) is 3. The van der Waals surface area contributed by atoms with E-state index >= 15 is 0 Å². The molecule has 0 fully saturated rings. The Morgan fingerprint density at radius 3 is 2.77 bits per heavy atom. The van der Waals surface area contributed by atoms with Gasteiger partial charge in [0, 0.05) is 5.69 Å². The van der Waals surface area contributed by atoms with Crippen molar-refractivity contribution in [3.63, 3.8) is 0 Å². The lowest BCUT2D eigenvalue weighted by Gasteiger charge is -2.01. The quantitative estimate of drug-likeness (QED) is 0.695. The number of anilines is 1. The van der Waals surface area contributed by atoms with E-state index in [1.54, 1.807) is 6.07 Å². The summed E-state index contributed by atoms with van der Waals surface area (Å²) in [7, 11) is 0. The van der Waals surface area contributed by atoms with Crippen LogP contribution in [0.5, 0.6) is 0 Å². The molecule has 0 radical (unpaired) electrons. The van der Waals surface area contributed by atoms with Gasteiger partial charge in [-0.2, -0.15) is 10.5 Å². The topological polar surface area (TPSA) is 59.6 Å². The zero-order chi connectivity index (χ0) is 9.68. The van der Waals surface area contributed by atoms with E-state index in [-0.39, 0.29) is 12.1 Å². The monoisotopic (exact) mass is 175 g/mol. The van der Waals surface area contributed by atoms with Gasteiger partial charge in [-0.1, -0.05) is 0 Å². The van der Waals surface area contributed by atoms with Gasteiger partial charge >= 0.3 is 0 Å². The fraction of sp³-hybridized carbons (Fsp3) is 0.111. The number of nitriles is 2. The maximum absolute atomic E-state index is 12.8.